The van der Waals surface area contributed by atoms with Crippen LogP contribution >= 0.6 is 0 Å². The first kappa shape index (κ1) is 16.2. The molecule has 1 aromatic rings. The molecule has 108 valence electrons. The topological polar surface area (TPSA) is 29.3 Å². The van der Waals surface area contributed by atoms with Crippen molar-refractivity contribution in [1.82, 2.24) is 4.90 Å². The number of hydrogen-bond acceptors (Lipinski definition) is 2. The second kappa shape index (κ2) is 7.66. The lowest BCUT2D eigenvalue weighted by atomic mass is 9.94. The van der Waals surface area contributed by atoms with Crippen LogP contribution in [-0.4, -0.2) is 25.0 Å². The zero-order chi connectivity index (χ0) is 14.4. The van der Waals surface area contributed by atoms with E-state index in [0.717, 1.165) is 12.8 Å². The van der Waals surface area contributed by atoms with Gasteiger partial charge in [-0.2, -0.15) is 0 Å². The summed E-state index contributed by atoms with van der Waals surface area (Å²) in [6, 6.07) is 9.89. The summed E-state index contributed by atoms with van der Waals surface area (Å²) >= 11 is 0. The molecule has 2 N–H and O–H groups in total. The van der Waals surface area contributed by atoms with Crippen LogP contribution in [0.1, 0.15) is 63.1 Å². The molecule has 0 amide bonds. The molecule has 0 heterocycles. The minimum absolute atomic E-state index is 0.279. The molecule has 3 unspecified atom stereocenters. The highest BCUT2D eigenvalue weighted by atomic mass is 15.1. The first-order valence-corrected chi connectivity index (χ1v) is 7.47. The third-order valence-corrected chi connectivity index (χ3v) is 4.02. The van der Waals surface area contributed by atoms with Gasteiger partial charge in [0.1, 0.15) is 0 Å². The van der Waals surface area contributed by atoms with Crippen LogP contribution in [0.3, 0.4) is 0 Å². The number of hydrogen-bond donors (Lipinski definition) is 1. The quantitative estimate of drug-likeness (QED) is 0.806. The largest absolute Gasteiger partial charge is 0.328 e. The van der Waals surface area contributed by atoms with Gasteiger partial charge in [0.05, 0.1) is 0 Å². The molecule has 0 aliphatic rings. The fourth-order valence-electron chi connectivity index (χ4n) is 2.43. The molecule has 2 nitrogen and oxygen atoms in total. The van der Waals surface area contributed by atoms with E-state index in [-0.39, 0.29) is 6.04 Å². The van der Waals surface area contributed by atoms with Crippen molar-refractivity contribution in [2.24, 2.45) is 5.73 Å². The molecule has 1 rings (SSSR count). The van der Waals surface area contributed by atoms with Gasteiger partial charge >= 0.3 is 0 Å². The molecule has 0 aliphatic carbocycles. The summed E-state index contributed by atoms with van der Waals surface area (Å²) in [6.45, 7) is 6.61. The lowest BCUT2D eigenvalue weighted by molar-refractivity contribution is 0.275. The van der Waals surface area contributed by atoms with Crippen molar-refractivity contribution in [3.05, 3.63) is 35.4 Å². The number of benzene rings is 1. The normalized spacial score (nSPS) is 16.4. The average Bonchev–Trinajstić information content (AvgIpc) is 2.38. The van der Waals surface area contributed by atoms with Gasteiger partial charge < -0.3 is 10.6 Å². The molecule has 0 spiro atoms. The van der Waals surface area contributed by atoms with Crippen molar-refractivity contribution in [1.29, 1.82) is 0 Å². The Morgan fingerprint density at radius 1 is 1.00 bits per heavy atom. The van der Waals surface area contributed by atoms with Crippen molar-refractivity contribution in [2.45, 2.75) is 58.0 Å². The maximum absolute atomic E-state index is 5.88. The van der Waals surface area contributed by atoms with E-state index in [1.165, 1.54) is 17.5 Å². The van der Waals surface area contributed by atoms with Gasteiger partial charge in [-0.15, -0.1) is 0 Å². The van der Waals surface area contributed by atoms with Gasteiger partial charge in [0.25, 0.3) is 0 Å². The molecule has 0 saturated heterocycles. The lowest BCUT2D eigenvalue weighted by Crippen LogP contribution is -2.23. The van der Waals surface area contributed by atoms with Crippen LogP contribution in [-0.2, 0) is 0 Å². The molecule has 0 aromatic heterocycles. The molecule has 1 aromatic carbocycles. The Hall–Kier alpha value is -0.860. The van der Waals surface area contributed by atoms with Crippen molar-refractivity contribution in [3.63, 3.8) is 0 Å². The van der Waals surface area contributed by atoms with Crippen LogP contribution in [0, 0.1) is 0 Å². The van der Waals surface area contributed by atoms with Gasteiger partial charge in [-0.1, -0.05) is 38.1 Å². The highest BCUT2D eigenvalue weighted by Gasteiger charge is 2.15. The molecule has 3 atom stereocenters. The fourth-order valence-corrected chi connectivity index (χ4v) is 2.43. The van der Waals surface area contributed by atoms with Crippen molar-refractivity contribution in [2.75, 3.05) is 14.1 Å². The lowest BCUT2D eigenvalue weighted by Gasteiger charge is -2.26. The van der Waals surface area contributed by atoms with Crippen LogP contribution in [0.5, 0.6) is 0 Å². The Morgan fingerprint density at radius 2 is 1.53 bits per heavy atom. The third-order valence-electron chi connectivity index (χ3n) is 4.02. The molecule has 0 radical (unpaired) electrons. The summed E-state index contributed by atoms with van der Waals surface area (Å²) in [5.74, 6) is 0.649. The Balaban J connectivity index is 2.79. The summed E-state index contributed by atoms with van der Waals surface area (Å²) in [5.41, 5.74) is 8.72. The van der Waals surface area contributed by atoms with Gasteiger partial charge in [0, 0.05) is 12.1 Å². The van der Waals surface area contributed by atoms with Crippen LogP contribution in [0.15, 0.2) is 24.3 Å². The zero-order valence-corrected chi connectivity index (χ0v) is 13.2. The highest BCUT2D eigenvalue weighted by molar-refractivity contribution is 5.27. The van der Waals surface area contributed by atoms with E-state index >= 15 is 0 Å². The predicted octanol–water partition coefficient (Wildman–Crippen LogP) is 3.93. The number of nitrogens with zero attached hydrogens (tertiary/aromatic N) is 1. The second-order valence-electron chi connectivity index (χ2n) is 6.01. The molecule has 0 bridgehead atoms. The summed E-state index contributed by atoms with van der Waals surface area (Å²) in [5, 5.41) is 0. The van der Waals surface area contributed by atoms with Gasteiger partial charge in [-0.25, -0.2) is 0 Å². The van der Waals surface area contributed by atoms with E-state index in [1.807, 2.05) is 0 Å². The van der Waals surface area contributed by atoms with E-state index in [1.54, 1.807) is 0 Å². The summed E-state index contributed by atoms with van der Waals surface area (Å²) < 4.78 is 0. The predicted molar refractivity (Wildman–Crippen MR) is 84.5 cm³/mol. The fraction of sp³-hybridized carbons (Fsp3) is 0.647. The standard InChI is InChI=1S/C17H30N2/c1-6-13(2)15-8-10-16(11-9-15)17(19(4)5)12-7-14(3)18/h8-11,13-14,17H,6-7,12,18H2,1-5H3. The third kappa shape index (κ3) is 4.96. The van der Waals surface area contributed by atoms with Gasteiger partial charge in [-0.3, -0.25) is 0 Å². The minimum Gasteiger partial charge on any atom is -0.328 e. The number of rotatable bonds is 7. The van der Waals surface area contributed by atoms with E-state index in [9.17, 15) is 0 Å². The maximum atomic E-state index is 5.88. The molecule has 2 heteroatoms. The van der Waals surface area contributed by atoms with E-state index in [2.05, 4.69) is 64.0 Å². The Labute approximate surface area is 119 Å². The van der Waals surface area contributed by atoms with Crippen LogP contribution in [0.2, 0.25) is 0 Å². The molecule has 19 heavy (non-hydrogen) atoms. The summed E-state index contributed by atoms with van der Waals surface area (Å²) in [6.07, 6.45) is 3.38. The molecule has 0 fully saturated rings. The van der Waals surface area contributed by atoms with Crippen molar-refractivity contribution < 1.29 is 0 Å². The Kier molecular flexibility index (Phi) is 6.53. The summed E-state index contributed by atoms with van der Waals surface area (Å²) in [7, 11) is 4.29. The molecule has 0 saturated carbocycles. The van der Waals surface area contributed by atoms with Crippen LogP contribution < -0.4 is 5.73 Å². The second-order valence-corrected chi connectivity index (χ2v) is 6.01. The van der Waals surface area contributed by atoms with Crippen LogP contribution in [0.25, 0.3) is 0 Å². The highest BCUT2D eigenvalue weighted by Crippen LogP contribution is 2.26. The van der Waals surface area contributed by atoms with Gasteiger partial charge in [0.2, 0.25) is 0 Å². The van der Waals surface area contributed by atoms with Gasteiger partial charge in [0.15, 0.2) is 0 Å². The Bertz CT molecular complexity index is 354. The zero-order valence-electron chi connectivity index (χ0n) is 13.2. The monoisotopic (exact) mass is 262 g/mol. The van der Waals surface area contributed by atoms with Crippen molar-refractivity contribution >= 4 is 0 Å². The van der Waals surface area contributed by atoms with E-state index in [0.29, 0.717) is 12.0 Å². The molecular formula is C17H30N2. The first-order valence-electron chi connectivity index (χ1n) is 7.47. The Morgan fingerprint density at radius 3 is 1.95 bits per heavy atom. The first-order chi connectivity index (χ1) is 8.95. The van der Waals surface area contributed by atoms with E-state index in [4.69, 9.17) is 5.73 Å². The van der Waals surface area contributed by atoms with E-state index < -0.39 is 0 Å². The maximum Gasteiger partial charge on any atom is 0.0342 e. The van der Waals surface area contributed by atoms with Crippen molar-refractivity contribution in [3.8, 4) is 0 Å². The minimum atomic E-state index is 0.279. The SMILES string of the molecule is CCC(C)c1ccc(C(CCC(C)N)N(C)C)cc1. The molecular weight excluding hydrogens is 232 g/mol. The smallest absolute Gasteiger partial charge is 0.0342 e. The number of nitrogens with two attached hydrogens (primary N) is 1. The average molecular weight is 262 g/mol. The summed E-state index contributed by atoms with van der Waals surface area (Å²) in [4.78, 5) is 2.29. The molecule has 0 aliphatic heterocycles. The van der Waals surface area contributed by atoms with Gasteiger partial charge in [-0.05, 0) is 57.3 Å². The van der Waals surface area contributed by atoms with Crippen LogP contribution in [0.4, 0.5) is 0 Å².